The molecule has 0 radical (unpaired) electrons. The molecule has 1 amide bonds. The maximum atomic E-state index is 12.8. The number of hydrogen-bond acceptors (Lipinski definition) is 4. The number of carbonyl (C=O) groups excluding carboxylic acids is 1. The second-order valence-electron chi connectivity index (χ2n) is 6.31. The van der Waals surface area contributed by atoms with Crippen LogP contribution in [0.4, 0.5) is 13.2 Å². The summed E-state index contributed by atoms with van der Waals surface area (Å²) in [5, 5.41) is 11.1. The summed E-state index contributed by atoms with van der Waals surface area (Å²) in [4.78, 5) is 12.4. The third-order valence-electron chi connectivity index (χ3n) is 4.24. The highest BCUT2D eigenvalue weighted by atomic mass is 19.4. The summed E-state index contributed by atoms with van der Waals surface area (Å²) in [6.07, 6.45) is -1.26. The first-order chi connectivity index (χ1) is 13.8. The lowest BCUT2D eigenvalue weighted by atomic mass is 10.2. The maximum Gasteiger partial charge on any atom is 0.416 e. The molecule has 0 spiro atoms. The third kappa shape index (κ3) is 4.95. The Labute approximate surface area is 165 Å². The van der Waals surface area contributed by atoms with Crippen LogP contribution in [0.5, 0.6) is 5.75 Å². The van der Waals surface area contributed by atoms with E-state index in [1.807, 2.05) is 19.9 Å². The fourth-order valence-electron chi connectivity index (χ4n) is 2.78. The van der Waals surface area contributed by atoms with Crippen LogP contribution in [0.2, 0.25) is 0 Å². The molecule has 0 bridgehead atoms. The van der Waals surface area contributed by atoms with Crippen LogP contribution in [0, 0.1) is 0 Å². The van der Waals surface area contributed by atoms with Crippen LogP contribution < -0.4 is 10.1 Å². The average Bonchev–Trinajstić information content (AvgIpc) is 3.35. The molecule has 1 atom stereocenters. The van der Waals surface area contributed by atoms with Gasteiger partial charge in [-0.05, 0) is 44.2 Å². The van der Waals surface area contributed by atoms with Gasteiger partial charge in [0.05, 0.1) is 17.3 Å². The molecule has 1 unspecified atom stereocenters. The second kappa shape index (κ2) is 8.38. The number of amides is 1. The second-order valence-corrected chi connectivity index (χ2v) is 6.31. The van der Waals surface area contributed by atoms with E-state index in [2.05, 4.69) is 15.5 Å². The van der Waals surface area contributed by atoms with Crippen molar-refractivity contribution in [1.82, 2.24) is 24.9 Å². The summed E-state index contributed by atoms with van der Waals surface area (Å²) in [5.41, 5.74) is 0.246. The monoisotopic (exact) mass is 407 g/mol. The Hall–Kier alpha value is -3.30. The van der Waals surface area contributed by atoms with Crippen molar-refractivity contribution in [3.05, 3.63) is 65.7 Å². The van der Waals surface area contributed by atoms with Crippen LogP contribution in [0.1, 0.15) is 41.6 Å². The van der Waals surface area contributed by atoms with Crippen LogP contribution in [0.15, 0.2) is 48.8 Å². The fraction of sp³-hybridized carbons (Fsp3) is 0.316. The molecule has 1 aromatic carbocycles. The van der Waals surface area contributed by atoms with E-state index in [9.17, 15) is 18.0 Å². The number of rotatable bonds is 7. The lowest BCUT2D eigenvalue weighted by Gasteiger charge is -2.14. The van der Waals surface area contributed by atoms with Crippen LogP contribution in [0.25, 0.3) is 0 Å². The molecule has 2 aromatic heterocycles. The fourth-order valence-corrected chi connectivity index (χ4v) is 2.78. The molecule has 3 aromatic rings. The first-order valence-electron chi connectivity index (χ1n) is 8.94. The molecular weight excluding hydrogens is 387 g/mol. The quantitative estimate of drug-likeness (QED) is 0.649. The van der Waals surface area contributed by atoms with Gasteiger partial charge in [0, 0.05) is 18.9 Å². The molecule has 10 heteroatoms. The van der Waals surface area contributed by atoms with E-state index < -0.39 is 11.7 Å². The van der Waals surface area contributed by atoms with E-state index >= 15 is 0 Å². The summed E-state index contributed by atoms with van der Waals surface area (Å²) in [6, 6.07) is 7.64. The molecule has 3 rings (SSSR count). The standard InChI is InChI=1S/C19H20F3N5O2/c1-3-27-17(7-9-23-27)13(2)24-18(28)16-8-10-26(25-16)12-29-15-6-4-5-14(11-15)19(20,21)22/h4-11,13H,3,12H2,1-2H3,(H,24,28). The number of nitrogens with one attached hydrogen (secondary N) is 1. The van der Waals surface area contributed by atoms with Gasteiger partial charge in [0.2, 0.25) is 0 Å². The normalized spacial score (nSPS) is 12.6. The summed E-state index contributed by atoms with van der Waals surface area (Å²) in [5.74, 6) is -0.318. The van der Waals surface area contributed by atoms with Crippen molar-refractivity contribution >= 4 is 5.91 Å². The van der Waals surface area contributed by atoms with E-state index in [0.29, 0.717) is 6.54 Å². The van der Waals surface area contributed by atoms with Crippen molar-refractivity contribution in [2.45, 2.75) is 39.3 Å². The first-order valence-corrected chi connectivity index (χ1v) is 8.94. The topological polar surface area (TPSA) is 74.0 Å². The predicted molar refractivity (Wildman–Crippen MR) is 98.1 cm³/mol. The van der Waals surface area contributed by atoms with E-state index in [-0.39, 0.29) is 30.1 Å². The smallest absolute Gasteiger partial charge is 0.416 e. The zero-order chi connectivity index (χ0) is 21.0. The van der Waals surface area contributed by atoms with E-state index in [4.69, 9.17) is 4.74 Å². The lowest BCUT2D eigenvalue weighted by molar-refractivity contribution is -0.137. The summed E-state index contributed by atoms with van der Waals surface area (Å²) < 4.78 is 46.7. The van der Waals surface area contributed by atoms with Gasteiger partial charge in [-0.2, -0.15) is 23.4 Å². The maximum absolute atomic E-state index is 12.8. The van der Waals surface area contributed by atoms with Crippen molar-refractivity contribution < 1.29 is 22.7 Å². The van der Waals surface area contributed by atoms with Crippen LogP contribution in [-0.4, -0.2) is 25.5 Å². The SMILES string of the molecule is CCn1nccc1C(C)NC(=O)c1ccn(COc2cccc(C(F)(F)F)c2)n1. The number of benzene rings is 1. The van der Waals surface area contributed by atoms with Crippen LogP contribution >= 0.6 is 0 Å². The molecule has 1 N–H and O–H groups in total. The molecule has 7 nitrogen and oxygen atoms in total. The number of halogens is 3. The van der Waals surface area contributed by atoms with Gasteiger partial charge < -0.3 is 10.1 Å². The van der Waals surface area contributed by atoms with Gasteiger partial charge in [-0.1, -0.05) is 6.07 Å². The lowest BCUT2D eigenvalue weighted by Crippen LogP contribution is -2.28. The van der Waals surface area contributed by atoms with E-state index in [0.717, 1.165) is 17.8 Å². The highest BCUT2D eigenvalue weighted by Crippen LogP contribution is 2.31. The molecule has 0 aliphatic rings. The van der Waals surface area contributed by atoms with Gasteiger partial charge >= 0.3 is 6.18 Å². The minimum absolute atomic E-state index is 0.0581. The molecular formula is C19H20F3N5O2. The minimum atomic E-state index is -4.44. The van der Waals surface area contributed by atoms with Gasteiger partial charge in [0.1, 0.15) is 11.4 Å². The molecule has 0 saturated carbocycles. The van der Waals surface area contributed by atoms with Gasteiger partial charge in [0.25, 0.3) is 5.91 Å². The van der Waals surface area contributed by atoms with Gasteiger partial charge in [0.15, 0.2) is 6.73 Å². The Morgan fingerprint density at radius 3 is 2.79 bits per heavy atom. The number of hydrogen-bond donors (Lipinski definition) is 1. The number of ether oxygens (including phenoxy) is 1. The summed E-state index contributed by atoms with van der Waals surface area (Å²) >= 11 is 0. The number of nitrogens with zero attached hydrogens (tertiary/aromatic N) is 4. The number of carbonyl (C=O) groups is 1. The Morgan fingerprint density at radius 2 is 2.07 bits per heavy atom. The Morgan fingerprint density at radius 1 is 1.28 bits per heavy atom. The molecule has 0 fully saturated rings. The van der Waals surface area contributed by atoms with E-state index in [1.54, 1.807) is 10.9 Å². The molecule has 0 aliphatic heterocycles. The van der Waals surface area contributed by atoms with Crippen molar-refractivity contribution in [3.8, 4) is 5.75 Å². The highest BCUT2D eigenvalue weighted by Gasteiger charge is 2.30. The molecule has 29 heavy (non-hydrogen) atoms. The number of aromatic nitrogens is 4. The Bertz CT molecular complexity index is 980. The number of aryl methyl sites for hydroxylation is 1. The predicted octanol–water partition coefficient (Wildman–Crippen LogP) is 3.65. The van der Waals surface area contributed by atoms with Crippen molar-refractivity contribution in [2.24, 2.45) is 0 Å². The zero-order valence-electron chi connectivity index (χ0n) is 15.8. The number of alkyl halides is 3. The first kappa shape index (κ1) is 20.4. The summed E-state index contributed by atoms with van der Waals surface area (Å²) in [7, 11) is 0. The van der Waals surface area contributed by atoms with Crippen molar-refractivity contribution in [3.63, 3.8) is 0 Å². The molecule has 2 heterocycles. The van der Waals surface area contributed by atoms with E-state index in [1.165, 1.54) is 29.1 Å². The van der Waals surface area contributed by atoms with Crippen LogP contribution in [0.3, 0.4) is 0 Å². The molecule has 0 saturated heterocycles. The van der Waals surface area contributed by atoms with Gasteiger partial charge in [-0.15, -0.1) is 0 Å². The molecule has 0 aliphatic carbocycles. The minimum Gasteiger partial charge on any atom is -0.471 e. The van der Waals surface area contributed by atoms with Crippen LogP contribution in [-0.2, 0) is 19.5 Å². The summed E-state index contributed by atoms with van der Waals surface area (Å²) in [6.45, 7) is 4.35. The molecule has 154 valence electrons. The third-order valence-corrected chi connectivity index (χ3v) is 4.24. The van der Waals surface area contributed by atoms with Gasteiger partial charge in [-0.3, -0.25) is 9.48 Å². The van der Waals surface area contributed by atoms with Crippen molar-refractivity contribution in [2.75, 3.05) is 0 Å². The largest absolute Gasteiger partial charge is 0.471 e. The average molecular weight is 407 g/mol. The van der Waals surface area contributed by atoms with Gasteiger partial charge in [-0.25, -0.2) is 4.68 Å². The Balaban J connectivity index is 1.60. The Kier molecular flexibility index (Phi) is 5.90. The zero-order valence-corrected chi connectivity index (χ0v) is 15.8. The highest BCUT2D eigenvalue weighted by molar-refractivity contribution is 5.92. The van der Waals surface area contributed by atoms with Crippen molar-refractivity contribution in [1.29, 1.82) is 0 Å².